The molecule has 2 aliphatic heterocycles. The predicted molar refractivity (Wildman–Crippen MR) is 113 cm³/mol. The molecule has 3 amide bonds. The Morgan fingerprint density at radius 3 is 2.34 bits per heavy atom. The number of piperazine rings is 1. The number of carbonyl (C=O) groups excluding carboxylic acids is 3. The fraction of sp³-hybridized carbons (Fsp3) is 0.571. The number of hydrogen-bond donors (Lipinski definition) is 1. The number of rotatable bonds is 5. The first-order chi connectivity index (χ1) is 14.0. The lowest BCUT2D eigenvalue weighted by Gasteiger charge is -2.36. The summed E-state index contributed by atoms with van der Waals surface area (Å²) >= 11 is 5.93. The highest BCUT2D eigenvalue weighted by Gasteiger charge is 2.23. The number of anilines is 1. The van der Waals surface area contributed by atoms with E-state index >= 15 is 0 Å². The van der Waals surface area contributed by atoms with Gasteiger partial charge in [-0.25, -0.2) is 0 Å². The zero-order valence-electron chi connectivity index (χ0n) is 16.7. The van der Waals surface area contributed by atoms with Crippen LogP contribution in [0, 0.1) is 0 Å². The number of amides is 3. The molecule has 0 aliphatic carbocycles. The maximum atomic E-state index is 12.4. The van der Waals surface area contributed by atoms with Crippen LogP contribution in [-0.2, 0) is 14.4 Å². The first kappa shape index (κ1) is 21.4. The van der Waals surface area contributed by atoms with Crippen molar-refractivity contribution in [3.8, 4) is 0 Å². The Morgan fingerprint density at radius 2 is 1.62 bits per heavy atom. The van der Waals surface area contributed by atoms with Gasteiger partial charge in [-0.1, -0.05) is 24.4 Å². The lowest BCUT2D eigenvalue weighted by Crippen LogP contribution is -2.52. The van der Waals surface area contributed by atoms with Gasteiger partial charge in [-0.05, 0) is 37.1 Å². The molecule has 8 heteroatoms. The van der Waals surface area contributed by atoms with Crippen LogP contribution in [0.5, 0.6) is 0 Å². The predicted octanol–water partition coefficient (Wildman–Crippen LogP) is 1.90. The van der Waals surface area contributed by atoms with Crippen LogP contribution in [0.2, 0.25) is 5.02 Å². The highest BCUT2D eigenvalue weighted by Crippen LogP contribution is 2.19. The Kier molecular flexibility index (Phi) is 7.75. The summed E-state index contributed by atoms with van der Waals surface area (Å²) in [6, 6.07) is 7.68. The average Bonchev–Trinajstić information content (AvgIpc) is 2.72. The van der Waals surface area contributed by atoms with Crippen molar-refractivity contribution in [3.63, 3.8) is 0 Å². The Bertz CT molecular complexity index is 717. The van der Waals surface area contributed by atoms with Crippen molar-refractivity contribution < 1.29 is 14.4 Å². The Balaban J connectivity index is 1.39. The van der Waals surface area contributed by atoms with Gasteiger partial charge in [-0.3, -0.25) is 14.4 Å². The summed E-state index contributed by atoms with van der Waals surface area (Å²) in [5, 5.41) is 3.38. The van der Waals surface area contributed by atoms with Gasteiger partial charge in [-0.15, -0.1) is 0 Å². The minimum Gasteiger partial charge on any atom is -0.368 e. The molecule has 1 N–H and O–H groups in total. The minimum absolute atomic E-state index is 0.0260. The van der Waals surface area contributed by atoms with Crippen molar-refractivity contribution in [2.75, 3.05) is 50.7 Å². The molecule has 0 radical (unpaired) electrons. The van der Waals surface area contributed by atoms with Crippen LogP contribution >= 0.6 is 11.6 Å². The van der Waals surface area contributed by atoms with Crippen LogP contribution in [0.4, 0.5) is 5.69 Å². The number of nitrogens with one attached hydrogen (secondary N) is 1. The van der Waals surface area contributed by atoms with Crippen molar-refractivity contribution in [3.05, 3.63) is 29.3 Å². The molecule has 0 atom stereocenters. The van der Waals surface area contributed by atoms with Gasteiger partial charge in [0.15, 0.2) is 0 Å². The second-order valence-electron chi connectivity index (χ2n) is 7.60. The lowest BCUT2D eigenvalue weighted by atomic mass is 10.1. The van der Waals surface area contributed by atoms with Crippen LogP contribution in [0.3, 0.4) is 0 Å². The number of hydrogen-bond acceptors (Lipinski definition) is 4. The van der Waals surface area contributed by atoms with E-state index in [0.717, 1.165) is 44.5 Å². The summed E-state index contributed by atoms with van der Waals surface area (Å²) in [7, 11) is 0. The molecule has 0 spiro atoms. The van der Waals surface area contributed by atoms with E-state index in [1.54, 1.807) is 9.80 Å². The second-order valence-corrected chi connectivity index (χ2v) is 8.04. The number of likely N-dealkylation sites (tertiary alicyclic amines) is 1. The van der Waals surface area contributed by atoms with E-state index in [1.807, 2.05) is 24.3 Å². The molecule has 0 aromatic heterocycles. The molecular weight excluding hydrogens is 392 g/mol. The van der Waals surface area contributed by atoms with Crippen molar-refractivity contribution in [1.82, 2.24) is 15.1 Å². The van der Waals surface area contributed by atoms with Crippen LogP contribution in [0.1, 0.15) is 32.1 Å². The summed E-state index contributed by atoms with van der Waals surface area (Å²) in [4.78, 5) is 42.4. The standard InChI is InChI=1S/C21H29ClN4O3/c22-17-6-8-18(9-7-17)24-11-13-25(14-12-24)21(29)15-23-19(27)16-26-10-4-2-1-3-5-20(26)28/h6-9H,1-5,10-16H2,(H,23,27). The number of benzene rings is 1. The number of carbonyl (C=O) groups is 3. The van der Waals surface area contributed by atoms with Crippen molar-refractivity contribution >= 4 is 35.0 Å². The van der Waals surface area contributed by atoms with E-state index in [1.165, 1.54) is 0 Å². The fourth-order valence-electron chi connectivity index (χ4n) is 3.76. The molecule has 29 heavy (non-hydrogen) atoms. The third-order valence-electron chi connectivity index (χ3n) is 5.52. The Hall–Kier alpha value is -2.28. The monoisotopic (exact) mass is 420 g/mol. The van der Waals surface area contributed by atoms with Crippen molar-refractivity contribution in [2.45, 2.75) is 32.1 Å². The summed E-state index contributed by atoms with van der Waals surface area (Å²) in [6.07, 6.45) is 4.48. The zero-order valence-corrected chi connectivity index (χ0v) is 17.5. The highest BCUT2D eigenvalue weighted by molar-refractivity contribution is 6.30. The van der Waals surface area contributed by atoms with Crippen molar-refractivity contribution in [1.29, 1.82) is 0 Å². The van der Waals surface area contributed by atoms with Gasteiger partial charge in [0.05, 0.1) is 13.1 Å². The maximum absolute atomic E-state index is 12.4. The van der Waals surface area contributed by atoms with Gasteiger partial charge in [0.25, 0.3) is 0 Å². The van der Waals surface area contributed by atoms with Crippen molar-refractivity contribution in [2.24, 2.45) is 0 Å². The maximum Gasteiger partial charge on any atom is 0.242 e. The number of halogens is 1. The minimum atomic E-state index is -0.271. The van der Waals surface area contributed by atoms with E-state index in [2.05, 4.69) is 10.2 Å². The van der Waals surface area contributed by atoms with Crippen LogP contribution in [0.15, 0.2) is 24.3 Å². The molecular formula is C21H29ClN4O3. The van der Waals surface area contributed by atoms with Crippen LogP contribution in [-0.4, -0.2) is 73.3 Å². The first-order valence-electron chi connectivity index (χ1n) is 10.4. The molecule has 158 valence electrons. The third-order valence-corrected chi connectivity index (χ3v) is 5.77. The van der Waals surface area contributed by atoms with Crippen LogP contribution in [0.25, 0.3) is 0 Å². The zero-order chi connectivity index (χ0) is 20.6. The fourth-order valence-corrected chi connectivity index (χ4v) is 3.89. The van der Waals surface area contributed by atoms with Gasteiger partial charge < -0.3 is 20.0 Å². The lowest BCUT2D eigenvalue weighted by molar-refractivity contribution is -0.137. The first-order valence-corrected chi connectivity index (χ1v) is 10.7. The van der Waals surface area contributed by atoms with Gasteiger partial charge in [-0.2, -0.15) is 0 Å². The molecule has 2 fully saturated rings. The van der Waals surface area contributed by atoms with Gasteiger partial charge >= 0.3 is 0 Å². The van der Waals surface area contributed by atoms with E-state index in [-0.39, 0.29) is 30.8 Å². The van der Waals surface area contributed by atoms with Crippen LogP contribution < -0.4 is 10.2 Å². The molecule has 7 nitrogen and oxygen atoms in total. The smallest absolute Gasteiger partial charge is 0.242 e. The summed E-state index contributed by atoms with van der Waals surface area (Å²) in [5.41, 5.74) is 1.09. The molecule has 0 saturated carbocycles. The topological polar surface area (TPSA) is 73.0 Å². The van der Waals surface area contributed by atoms with E-state index < -0.39 is 0 Å². The second kappa shape index (κ2) is 10.5. The van der Waals surface area contributed by atoms with Gasteiger partial charge in [0.1, 0.15) is 0 Å². The average molecular weight is 421 g/mol. The molecule has 0 unspecified atom stereocenters. The molecule has 3 rings (SSSR count). The Labute approximate surface area is 177 Å². The molecule has 1 aromatic rings. The SMILES string of the molecule is O=C(CN1CCCCCCC1=O)NCC(=O)N1CCN(c2ccc(Cl)cc2)CC1. The largest absolute Gasteiger partial charge is 0.368 e. The molecule has 2 aliphatic rings. The van der Waals surface area contributed by atoms with Gasteiger partial charge in [0.2, 0.25) is 17.7 Å². The molecule has 2 saturated heterocycles. The van der Waals surface area contributed by atoms with E-state index in [9.17, 15) is 14.4 Å². The van der Waals surface area contributed by atoms with E-state index in [4.69, 9.17) is 11.6 Å². The highest BCUT2D eigenvalue weighted by atomic mass is 35.5. The number of nitrogens with zero attached hydrogens (tertiary/aromatic N) is 3. The third kappa shape index (κ3) is 6.35. The summed E-state index contributed by atoms with van der Waals surface area (Å²) < 4.78 is 0. The molecule has 1 aromatic carbocycles. The summed E-state index contributed by atoms with van der Waals surface area (Å²) in [5.74, 6) is -0.329. The van der Waals surface area contributed by atoms with E-state index in [0.29, 0.717) is 31.1 Å². The Morgan fingerprint density at radius 1 is 0.931 bits per heavy atom. The van der Waals surface area contributed by atoms with Gasteiger partial charge in [0, 0.05) is 49.9 Å². The molecule has 2 heterocycles. The normalized spacial score (nSPS) is 18.2. The summed E-state index contributed by atoms with van der Waals surface area (Å²) in [6.45, 7) is 3.34. The quantitative estimate of drug-likeness (QED) is 0.789. The molecule has 0 bridgehead atoms.